The lowest BCUT2D eigenvalue weighted by Gasteiger charge is -2.37. The maximum Gasteiger partial charge on any atom is 0.317 e. The van der Waals surface area contributed by atoms with Crippen molar-refractivity contribution in [2.24, 2.45) is 0 Å². The lowest BCUT2D eigenvalue weighted by molar-refractivity contribution is 0.164. The molecule has 2 rings (SSSR count). The lowest BCUT2D eigenvalue weighted by atomic mass is 9.90. The summed E-state index contributed by atoms with van der Waals surface area (Å²) in [5, 5.41) is 3.09. The summed E-state index contributed by atoms with van der Waals surface area (Å²) < 4.78 is 0. The van der Waals surface area contributed by atoms with E-state index in [0.29, 0.717) is 0 Å². The number of rotatable bonds is 0. The number of likely N-dealkylation sites (tertiary alicyclic amines) is 1. The van der Waals surface area contributed by atoms with Crippen molar-refractivity contribution in [3.8, 4) is 0 Å². The van der Waals surface area contributed by atoms with Gasteiger partial charge in [0.2, 0.25) is 0 Å². The molecule has 0 saturated carbocycles. The third kappa shape index (κ3) is 1.50. The van der Waals surface area contributed by atoms with Crippen LogP contribution in [0.3, 0.4) is 0 Å². The van der Waals surface area contributed by atoms with Gasteiger partial charge in [0.25, 0.3) is 0 Å². The summed E-state index contributed by atoms with van der Waals surface area (Å²) in [6.45, 7) is 3.00. The van der Waals surface area contributed by atoms with Crippen molar-refractivity contribution in [2.45, 2.75) is 18.4 Å². The Hall–Kier alpha value is -0.770. The molecule has 2 aliphatic heterocycles. The average molecular weight is 183 g/mol. The van der Waals surface area contributed by atoms with E-state index < -0.39 is 0 Å². The van der Waals surface area contributed by atoms with Crippen molar-refractivity contribution < 1.29 is 4.79 Å². The van der Waals surface area contributed by atoms with E-state index in [1.807, 2.05) is 7.05 Å². The summed E-state index contributed by atoms with van der Waals surface area (Å²) in [4.78, 5) is 15.4. The van der Waals surface area contributed by atoms with Crippen LogP contribution < -0.4 is 5.32 Å². The van der Waals surface area contributed by atoms with Crippen LogP contribution in [0.1, 0.15) is 12.8 Å². The quantitative estimate of drug-likeness (QED) is 0.578. The minimum atomic E-state index is 0.0405. The zero-order chi connectivity index (χ0) is 9.47. The minimum Gasteiger partial charge on any atom is -0.329 e. The molecule has 4 heteroatoms. The Kier molecular flexibility index (Phi) is 1.95. The molecule has 0 aromatic carbocycles. The molecule has 2 saturated heterocycles. The molecule has 74 valence electrons. The number of urea groups is 1. The fourth-order valence-corrected chi connectivity index (χ4v) is 2.48. The van der Waals surface area contributed by atoms with Gasteiger partial charge in [-0.2, -0.15) is 0 Å². The fraction of sp³-hybridized carbons (Fsp3) is 0.889. The Bertz CT molecular complexity index is 231. The Morgan fingerprint density at radius 1 is 1.38 bits per heavy atom. The Morgan fingerprint density at radius 3 is 2.69 bits per heavy atom. The largest absolute Gasteiger partial charge is 0.329 e. The molecular formula is C9H17N3O. The van der Waals surface area contributed by atoms with Gasteiger partial charge >= 0.3 is 6.03 Å². The molecule has 2 aliphatic rings. The molecule has 0 aromatic rings. The van der Waals surface area contributed by atoms with E-state index in [0.717, 1.165) is 26.1 Å². The first-order valence-corrected chi connectivity index (χ1v) is 4.83. The van der Waals surface area contributed by atoms with Gasteiger partial charge in [-0.1, -0.05) is 0 Å². The SMILES string of the molecule is CN1CCCC2(C1)CN(C)C(=O)N2. The van der Waals surface area contributed by atoms with Gasteiger partial charge in [0.05, 0.1) is 5.54 Å². The summed E-state index contributed by atoms with van der Waals surface area (Å²) in [6.07, 6.45) is 2.30. The van der Waals surface area contributed by atoms with Gasteiger partial charge in [-0.15, -0.1) is 0 Å². The highest BCUT2D eigenvalue weighted by Crippen LogP contribution is 2.25. The zero-order valence-electron chi connectivity index (χ0n) is 8.34. The predicted molar refractivity (Wildman–Crippen MR) is 50.6 cm³/mol. The van der Waals surface area contributed by atoms with Crippen LogP contribution in [0.2, 0.25) is 0 Å². The molecule has 1 spiro atoms. The molecule has 2 fully saturated rings. The van der Waals surface area contributed by atoms with E-state index in [4.69, 9.17) is 0 Å². The first-order chi connectivity index (χ1) is 6.11. The fourth-order valence-electron chi connectivity index (χ4n) is 2.48. The second kappa shape index (κ2) is 2.87. The van der Waals surface area contributed by atoms with Gasteiger partial charge in [0.15, 0.2) is 0 Å². The Labute approximate surface area is 78.9 Å². The first-order valence-electron chi connectivity index (χ1n) is 4.83. The third-order valence-corrected chi connectivity index (χ3v) is 3.03. The van der Waals surface area contributed by atoms with Crippen LogP contribution >= 0.6 is 0 Å². The molecule has 1 unspecified atom stereocenters. The number of likely N-dealkylation sites (N-methyl/N-ethyl adjacent to an activating group) is 2. The van der Waals surface area contributed by atoms with Crippen LogP contribution in [0.15, 0.2) is 0 Å². The van der Waals surface area contributed by atoms with Crippen LogP contribution in [0.25, 0.3) is 0 Å². The Balaban J connectivity index is 2.09. The highest BCUT2D eigenvalue weighted by molar-refractivity contribution is 5.77. The van der Waals surface area contributed by atoms with Crippen LogP contribution in [0, 0.1) is 0 Å². The van der Waals surface area contributed by atoms with E-state index in [1.54, 1.807) is 4.90 Å². The standard InChI is InChI=1S/C9H17N3O/c1-11-5-3-4-9(6-11)7-12(2)8(13)10-9/h3-7H2,1-2H3,(H,10,13). The molecule has 13 heavy (non-hydrogen) atoms. The molecule has 2 heterocycles. The summed E-state index contributed by atoms with van der Waals surface area (Å²) in [5.41, 5.74) is 0.0405. The number of nitrogens with zero attached hydrogens (tertiary/aromatic N) is 2. The molecule has 0 aromatic heterocycles. The summed E-state index contributed by atoms with van der Waals surface area (Å²) in [5.74, 6) is 0. The summed E-state index contributed by atoms with van der Waals surface area (Å²) in [7, 11) is 3.98. The highest BCUT2D eigenvalue weighted by Gasteiger charge is 2.42. The average Bonchev–Trinajstić information content (AvgIpc) is 2.26. The predicted octanol–water partition coefficient (Wildman–Crippen LogP) is 0.106. The first kappa shape index (κ1) is 8.81. The van der Waals surface area contributed by atoms with E-state index in [9.17, 15) is 4.79 Å². The van der Waals surface area contributed by atoms with Crippen LogP contribution in [-0.2, 0) is 0 Å². The number of carbonyl (C=O) groups is 1. The maximum absolute atomic E-state index is 11.4. The van der Waals surface area contributed by atoms with Crippen molar-refractivity contribution in [1.29, 1.82) is 0 Å². The third-order valence-electron chi connectivity index (χ3n) is 3.03. The Morgan fingerprint density at radius 2 is 2.15 bits per heavy atom. The smallest absolute Gasteiger partial charge is 0.317 e. The molecule has 2 amide bonds. The topological polar surface area (TPSA) is 35.6 Å². The monoisotopic (exact) mass is 183 g/mol. The van der Waals surface area contributed by atoms with Crippen molar-refractivity contribution >= 4 is 6.03 Å². The van der Waals surface area contributed by atoms with E-state index >= 15 is 0 Å². The minimum absolute atomic E-state index is 0.0405. The zero-order valence-corrected chi connectivity index (χ0v) is 8.34. The van der Waals surface area contributed by atoms with Crippen molar-refractivity contribution in [1.82, 2.24) is 15.1 Å². The second-order valence-electron chi connectivity index (χ2n) is 4.41. The number of hydrogen-bond donors (Lipinski definition) is 1. The van der Waals surface area contributed by atoms with Gasteiger partial charge in [0.1, 0.15) is 0 Å². The van der Waals surface area contributed by atoms with E-state index in [-0.39, 0.29) is 11.6 Å². The van der Waals surface area contributed by atoms with Gasteiger partial charge in [-0.05, 0) is 26.4 Å². The summed E-state index contributed by atoms with van der Waals surface area (Å²) >= 11 is 0. The summed E-state index contributed by atoms with van der Waals surface area (Å²) in [6, 6.07) is 0.0790. The highest BCUT2D eigenvalue weighted by atomic mass is 16.2. The van der Waals surface area contributed by atoms with Crippen molar-refractivity contribution in [3.63, 3.8) is 0 Å². The van der Waals surface area contributed by atoms with Crippen LogP contribution in [0.4, 0.5) is 4.79 Å². The number of piperidine rings is 1. The van der Waals surface area contributed by atoms with E-state index in [1.165, 1.54) is 6.42 Å². The van der Waals surface area contributed by atoms with Gasteiger partial charge in [-0.25, -0.2) is 4.79 Å². The van der Waals surface area contributed by atoms with Crippen LogP contribution in [0.5, 0.6) is 0 Å². The van der Waals surface area contributed by atoms with Crippen molar-refractivity contribution in [2.75, 3.05) is 33.7 Å². The normalized spacial score (nSPS) is 35.5. The van der Waals surface area contributed by atoms with Gasteiger partial charge in [0, 0.05) is 20.1 Å². The molecule has 4 nitrogen and oxygen atoms in total. The number of carbonyl (C=O) groups excluding carboxylic acids is 1. The number of amides is 2. The van der Waals surface area contributed by atoms with Crippen molar-refractivity contribution in [3.05, 3.63) is 0 Å². The number of hydrogen-bond acceptors (Lipinski definition) is 2. The van der Waals surface area contributed by atoms with Gasteiger partial charge < -0.3 is 15.1 Å². The van der Waals surface area contributed by atoms with Gasteiger partial charge in [-0.3, -0.25) is 0 Å². The lowest BCUT2D eigenvalue weighted by Crippen LogP contribution is -2.55. The maximum atomic E-state index is 11.4. The molecule has 0 aliphatic carbocycles. The van der Waals surface area contributed by atoms with Crippen LogP contribution in [-0.4, -0.2) is 55.1 Å². The molecule has 1 N–H and O–H groups in total. The number of nitrogens with one attached hydrogen (secondary N) is 1. The molecule has 0 bridgehead atoms. The molecular weight excluding hydrogens is 166 g/mol. The molecule has 1 atom stereocenters. The van der Waals surface area contributed by atoms with E-state index in [2.05, 4.69) is 17.3 Å². The second-order valence-corrected chi connectivity index (χ2v) is 4.41. The molecule has 0 radical (unpaired) electrons.